The number of rotatable bonds is 5. The van der Waals surface area contributed by atoms with Crippen LogP contribution in [-0.4, -0.2) is 71.8 Å². The highest BCUT2D eigenvalue weighted by molar-refractivity contribution is 7.80. The number of nitrogens with one attached hydrogen (secondary N) is 2. The molecule has 24 heavy (non-hydrogen) atoms. The van der Waals surface area contributed by atoms with Crippen LogP contribution in [0.5, 0.6) is 0 Å². The van der Waals surface area contributed by atoms with Crippen LogP contribution in [0.2, 0.25) is 0 Å². The molecule has 2 aliphatic rings. The van der Waals surface area contributed by atoms with E-state index in [-0.39, 0.29) is 24.9 Å². The lowest BCUT2D eigenvalue weighted by Crippen LogP contribution is -2.51. The minimum atomic E-state index is -4.83. The number of piperidine rings is 1. The van der Waals surface area contributed by atoms with E-state index in [2.05, 4.69) is 14.6 Å². The van der Waals surface area contributed by atoms with Gasteiger partial charge in [-0.1, -0.05) is 0 Å². The fraction of sp³-hybridized carbons (Fsp3) is 0.600. The maximum absolute atomic E-state index is 12.2. The van der Waals surface area contributed by atoms with Crippen molar-refractivity contribution in [1.29, 1.82) is 5.41 Å². The summed E-state index contributed by atoms with van der Waals surface area (Å²) in [4.78, 5) is 28.5. The number of aliphatic imine (C=N–C) groups is 1. The van der Waals surface area contributed by atoms with E-state index in [1.54, 1.807) is 0 Å². The van der Waals surface area contributed by atoms with E-state index in [1.807, 2.05) is 0 Å². The van der Waals surface area contributed by atoms with E-state index in [9.17, 15) is 18.0 Å². The number of nitrogens with two attached hydrogens (primary N) is 2. The zero-order valence-electron chi connectivity index (χ0n) is 12.4. The molecule has 2 unspecified atom stereocenters. The second-order valence-electron chi connectivity index (χ2n) is 5.21. The molecule has 0 aromatic heterocycles. The molecule has 13 nitrogen and oxygen atoms in total. The molecule has 2 bridgehead atoms. The molecule has 0 spiro atoms. The first kappa shape index (κ1) is 17.9. The SMILES string of the molecule is N=C(NC(=O)CN=C(N)N)C1CCC2CN1C(=O)N2OS(=O)(=O)O. The van der Waals surface area contributed by atoms with E-state index in [0.717, 1.165) is 0 Å². The van der Waals surface area contributed by atoms with Crippen LogP contribution >= 0.6 is 0 Å². The van der Waals surface area contributed by atoms with Gasteiger partial charge in [-0.15, -0.1) is 4.28 Å². The van der Waals surface area contributed by atoms with Gasteiger partial charge >= 0.3 is 16.4 Å². The van der Waals surface area contributed by atoms with E-state index in [1.165, 1.54) is 4.90 Å². The van der Waals surface area contributed by atoms with Crippen LogP contribution in [0.4, 0.5) is 4.79 Å². The summed E-state index contributed by atoms with van der Waals surface area (Å²) >= 11 is 0. The van der Waals surface area contributed by atoms with Gasteiger partial charge in [-0.3, -0.25) is 14.8 Å². The first-order chi connectivity index (χ1) is 11.1. The van der Waals surface area contributed by atoms with Crippen molar-refractivity contribution in [3.8, 4) is 0 Å². The molecule has 7 N–H and O–H groups in total. The van der Waals surface area contributed by atoms with Gasteiger partial charge in [0, 0.05) is 6.54 Å². The van der Waals surface area contributed by atoms with Crippen LogP contribution in [0.3, 0.4) is 0 Å². The number of amidine groups is 1. The van der Waals surface area contributed by atoms with Gasteiger partial charge in [-0.05, 0) is 12.8 Å². The van der Waals surface area contributed by atoms with Crippen molar-refractivity contribution in [3.63, 3.8) is 0 Å². The fourth-order valence-electron chi connectivity index (χ4n) is 2.57. The Morgan fingerprint density at radius 2 is 2.12 bits per heavy atom. The molecule has 14 heteroatoms. The lowest BCUT2D eigenvalue weighted by molar-refractivity contribution is -0.118. The third-order valence-electron chi connectivity index (χ3n) is 3.51. The molecule has 2 fully saturated rings. The van der Waals surface area contributed by atoms with Crippen LogP contribution < -0.4 is 16.8 Å². The molecule has 2 aliphatic heterocycles. The highest BCUT2D eigenvalue weighted by atomic mass is 32.3. The van der Waals surface area contributed by atoms with E-state index >= 15 is 0 Å². The Labute approximate surface area is 137 Å². The van der Waals surface area contributed by atoms with Crippen LogP contribution in [-0.2, 0) is 19.5 Å². The minimum Gasteiger partial charge on any atom is -0.370 e. The van der Waals surface area contributed by atoms with E-state index in [0.29, 0.717) is 17.9 Å². The normalized spacial score (nSPS) is 23.1. The van der Waals surface area contributed by atoms with Gasteiger partial charge in [0.2, 0.25) is 5.91 Å². The second kappa shape index (κ2) is 6.58. The quantitative estimate of drug-likeness (QED) is 0.198. The van der Waals surface area contributed by atoms with Gasteiger partial charge in [0.25, 0.3) is 0 Å². The number of amides is 3. The van der Waals surface area contributed by atoms with Gasteiger partial charge in [0.1, 0.15) is 12.4 Å². The number of carbonyl (C=O) groups is 2. The van der Waals surface area contributed by atoms with Crippen molar-refractivity contribution in [1.82, 2.24) is 15.3 Å². The second-order valence-corrected chi connectivity index (χ2v) is 6.22. The highest BCUT2D eigenvalue weighted by Crippen LogP contribution is 2.30. The van der Waals surface area contributed by atoms with Crippen molar-refractivity contribution in [2.75, 3.05) is 13.1 Å². The molecule has 0 radical (unpaired) electrons. The van der Waals surface area contributed by atoms with Gasteiger partial charge < -0.3 is 21.7 Å². The Hall–Kier alpha value is -2.45. The number of carbonyl (C=O) groups excluding carboxylic acids is 2. The topological polar surface area (TPSA) is 204 Å². The average Bonchev–Trinajstić information content (AvgIpc) is 2.69. The molecule has 0 saturated carbocycles. The Morgan fingerprint density at radius 1 is 1.46 bits per heavy atom. The largest absolute Gasteiger partial charge is 0.418 e. The third-order valence-corrected chi connectivity index (χ3v) is 3.86. The van der Waals surface area contributed by atoms with Gasteiger partial charge in [-0.25, -0.2) is 9.79 Å². The number of hydroxylamine groups is 2. The van der Waals surface area contributed by atoms with Crippen molar-refractivity contribution in [2.45, 2.75) is 24.9 Å². The zero-order chi connectivity index (χ0) is 18.1. The van der Waals surface area contributed by atoms with Crippen LogP contribution in [0.1, 0.15) is 12.8 Å². The predicted octanol–water partition coefficient (Wildman–Crippen LogP) is -2.64. The van der Waals surface area contributed by atoms with E-state index in [4.69, 9.17) is 21.4 Å². The lowest BCUT2D eigenvalue weighted by atomic mass is 10.00. The highest BCUT2D eigenvalue weighted by Gasteiger charge is 2.48. The monoisotopic (exact) mass is 363 g/mol. The number of urea groups is 1. The Morgan fingerprint density at radius 3 is 2.71 bits per heavy atom. The average molecular weight is 363 g/mol. The molecule has 0 aliphatic carbocycles. The Bertz CT molecular complexity index is 688. The lowest BCUT2D eigenvalue weighted by Gasteiger charge is -2.30. The van der Waals surface area contributed by atoms with Crippen molar-refractivity contribution in [2.24, 2.45) is 16.5 Å². The molecule has 2 heterocycles. The summed E-state index contributed by atoms with van der Waals surface area (Å²) in [5.41, 5.74) is 10.2. The van der Waals surface area contributed by atoms with Crippen LogP contribution in [0.15, 0.2) is 4.99 Å². The molecule has 3 amide bonds. The molecular weight excluding hydrogens is 346 g/mol. The van der Waals surface area contributed by atoms with Crippen molar-refractivity contribution in [3.05, 3.63) is 0 Å². The fourth-order valence-corrected chi connectivity index (χ4v) is 2.96. The Balaban J connectivity index is 2.02. The Kier molecular flexibility index (Phi) is 4.91. The molecule has 134 valence electrons. The minimum absolute atomic E-state index is 0.102. The van der Waals surface area contributed by atoms with Crippen LogP contribution in [0.25, 0.3) is 0 Å². The molecule has 2 saturated heterocycles. The van der Waals surface area contributed by atoms with Gasteiger partial charge in [-0.2, -0.15) is 13.5 Å². The smallest absolute Gasteiger partial charge is 0.370 e. The maximum Gasteiger partial charge on any atom is 0.418 e. The molecule has 2 atom stereocenters. The van der Waals surface area contributed by atoms with Crippen molar-refractivity contribution < 1.29 is 26.8 Å². The summed E-state index contributed by atoms with van der Waals surface area (Å²) in [6.07, 6.45) is 0.637. The van der Waals surface area contributed by atoms with Gasteiger partial charge in [0.15, 0.2) is 5.96 Å². The number of fused-ring (bicyclic) bond motifs is 2. The summed E-state index contributed by atoms with van der Waals surface area (Å²) in [6.45, 7) is -0.267. The summed E-state index contributed by atoms with van der Waals surface area (Å²) in [6, 6.07) is -2.14. The third kappa shape index (κ3) is 4.09. The molecule has 2 rings (SSSR count). The van der Waals surface area contributed by atoms with E-state index < -0.39 is 34.4 Å². The van der Waals surface area contributed by atoms with Crippen LogP contribution in [0, 0.1) is 5.41 Å². The first-order valence-electron chi connectivity index (χ1n) is 6.79. The molecule has 0 aromatic carbocycles. The summed E-state index contributed by atoms with van der Waals surface area (Å²) in [5, 5.41) is 10.8. The summed E-state index contributed by atoms with van der Waals surface area (Å²) < 4.78 is 34.6. The number of hydrogen-bond donors (Lipinski definition) is 5. The molecule has 0 aromatic rings. The first-order valence-corrected chi connectivity index (χ1v) is 8.15. The standard InChI is InChI=1S/C10H17N7O6S/c11-8(15-7(18)3-14-9(12)13)6-2-1-5-4-16(6)10(19)17(5)23-24(20,21)22/h5-6H,1-4H2,(H2,11,15,18)(H4,12,13,14)(H,20,21,22). The predicted molar refractivity (Wildman–Crippen MR) is 79.9 cm³/mol. The van der Waals surface area contributed by atoms with Crippen molar-refractivity contribution >= 4 is 34.1 Å². The number of nitrogens with zero attached hydrogens (tertiary/aromatic N) is 3. The summed E-state index contributed by atoms with van der Waals surface area (Å²) in [5.74, 6) is -1.15. The maximum atomic E-state index is 12.2. The number of guanidine groups is 1. The zero-order valence-corrected chi connectivity index (χ0v) is 13.2. The van der Waals surface area contributed by atoms with Gasteiger partial charge in [0.05, 0.1) is 12.1 Å². The molecular formula is C10H17N7O6S. The summed E-state index contributed by atoms with van der Waals surface area (Å²) in [7, 11) is -4.83. The number of hydrogen-bond acceptors (Lipinski definition) is 7.